The molecule has 1 aromatic rings. The largest absolute Gasteiger partial charge is 0.386 e. The summed E-state index contributed by atoms with van der Waals surface area (Å²) < 4.78 is 5.39. The van der Waals surface area contributed by atoms with Crippen molar-refractivity contribution in [1.29, 1.82) is 0 Å². The van der Waals surface area contributed by atoms with Crippen molar-refractivity contribution in [2.24, 2.45) is 0 Å². The number of amides is 1. The minimum atomic E-state index is -1.06. The number of halogens is 1. The molecule has 4 nitrogen and oxygen atoms in total. The zero-order chi connectivity index (χ0) is 12.2. The van der Waals surface area contributed by atoms with Crippen molar-refractivity contribution in [3.63, 3.8) is 0 Å². The molecule has 0 spiro atoms. The van der Waals surface area contributed by atoms with E-state index in [9.17, 15) is 9.90 Å². The van der Waals surface area contributed by atoms with Crippen LogP contribution in [-0.4, -0.2) is 36.9 Å². The Morgan fingerprint density at radius 3 is 2.88 bits per heavy atom. The smallest absolute Gasteiger partial charge is 0.261 e. The van der Waals surface area contributed by atoms with Gasteiger partial charge in [0.15, 0.2) is 0 Å². The number of methoxy groups -OCH3 is 1. The van der Waals surface area contributed by atoms with Gasteiger partial charge in [-0.15, -0.1) is 11.3 Å². The van der Waals surface area contributed by atoms with Crippen LogP contribution < -0.4 is 5.32 Å². The Bertz CT molecular complexity index is 365. The van der Waals surface area contributed by atoms with Crippen LogP contribution in [-0.2, 0) is 4.74 Å². The monoisotopic (exact) mass is 263 g/mol. The maximum atomic E-state index is 11.6. The van der Waals surface area contributed by atoms with Crippen molar-refractivity contribution < 1.29 is 14.6 Å². The van der Waals surface area contributed by atoms with Crippen LogP contribution in [0.5, 0.6) is 0 Å². The molecular formula is C10H14ClNO3S. The van der Waals surface area contributed by atoms with E-state index >= 15 is 0 Å². The molecule has 0 aliphatic rings. The highest BCUT2D eigenvalue weighted by molar-refractivity contribution is 7.17. The van der Waals surface area contributed by atoms with Crippen LogP contribution in [0.3, 0.4) is 0 Å². The van der Waals surface area contributed by atoms with E-state index in [-0.39, 0.29) is 19.1 Å². The van der Waals surface area contributed by atoms with Gasteiger partial charge in [-0.3, -0.25) is 4.79 Å². The molecule has 1 atom stereocenters. The van der Waals surface area contributed by atoms with Crippen LogP contribution >= 0.6 is 22.9 Å². The molecule has 1 amide bonds. The normalized spacial score (nSPS) is 14.5. The lowest BCUT2D eigenvalue weighted by Gasteiger charge is -2.22. The first-order valence-electron chi connectivity index (χ1n) is 4.69. The van der Waals surface area contributed by atoms with Gasteiger partial charge in [0.25, 0.3) is 5.91 Å². The van der Waals surface area contributed by atoms with E-state index in [1.165, 1.54) is 18.4 Å². The van der Waals surface area contributed by atoms with Crippen molar-refractivity contribution in [3.05, 3.63) is 21.3 Å². The topological polar surface area (TPSA) is 58.6 Å². The second kappa shape index (κ2) is 5.63. The summed E-state index contributed by atoms with van der Waals surface area (Å²) in [5.41, 5.74) is -1.06. The predicted molar refractivity (Wildman–Crippen MR) is 64.2 cm³/mol. The highest BCUT2D eigenvalue weighted by Crippen LogP contribution is 2.21. The summed E-state index contributed by atoms with van der Waals surface area (Å²) in [5.74, 6) is -0.242. The van der Waals surface area contributed by atoms with Crippen LogP contribution in [0.25, 0.3) is 0 Å². The quantitative estimate of drug-likeness (QED) is 0.847. The second-order valence-corrected chi connectivity index (χ2v) is 5.43. The van der Waals surface area contributed by atoms with E-state index in [1.807, 2.05) is 0 Å². The predicted octanol–water partition coefficient (Wildman–Crippen LogP) is 1.53. The molecule has 1 rings (SSSR count). The standard InChI is InChI=1S/C10H14ClNO3S/c1-10(14,6-15-2)5-12-9(13)7-3-4-8(11)16-7/h3-4,14H,5-6H2,1-2H3,(H,12,13). The lowest BCUT2D eigenvalue weighted by molar-refractivity contribution is -0.0146. The van der Waals surface area contributed by atoms with Crippen LogP contribution in [0.15, 0.2) is 12.1 Å². The fourth-order valence-electron chi connectivity index (χ4n) is 1.16. The SMILES string of the molecule is COCC(C)(O)CNC(=O)c1ccc(Cl)s1. The average Bonchev–Trinajstić information content (AvgIpc) is 2.61. The first-order chi connectivity index (χ1) is 7.44. The van der Waals surface area contributed by atoms with Crippen LogP contribution in [0.2, 0.25) is 4.34 Å². The Morgan fingerprint density at radius 1 is 1.69 bits per heavy atom. The lowest BCUT2D eigenvalue weighted by atomic mass is 10.1. The molecule has 0 fully saturated rings. The van der Waals surface area contributed by atoms with Crippen molar-refractivity contribution in [2.75, 3.05) is 20.3 Å². The van der Waals surface area contributed by atoms with Crippen molar-refractivity contribution in [2.45, 2.75) is 12.5 Å². The minimum absolute atomic E-state index is 0.134. The van der Waals surface area contributed by atoms with E-state index in [0.717, 1.165) is 0 Å². The molecule has 1 aromatic heterocycles. The molecule has 0 aliphatic carbocycles. The Kier molecular flexibility index (Phi) is 4.73. The summed E-state index contributed by atoms with van der Waals surface area (Å²) in [6.07, 6.45) is 0. The fourth-order valence-corrected chi connectivity index (χ4v) is 2.12. The molecule has 1 unspecified atom stereocenters. The van der Waals surface area contributed by atoms with E-state index in [2.05, 4.69) is 5.32 Å². The average molecular weight is 264 g/mol. The third kappa shape index (κ3) is 4.09. The number of hydrogen-bond donors (Lipinski definition) is 2. The van der Waals surface area contributed by atoms with Gasteiger partial charge in [0, 0.05) is 13.7 Å². The third-order valence-electron chi connectivity index (χ3n) is 1.88. The number of ether oxygens (including phenoxy) is 1. The number of hydrogen-bond acceptors (Lipinski definition) is 4. The maximum Gasteiger partial charge on any atom is 0.261 e. The number of aliphatic hydroxyl groups is 1. The zero-order valence-electron chi connectivity index (χ0n) is 9.12. The van der Waals surface area contributed by atoms with Gasteiger partial charge >= 0.3 is 0 Å². The molecule has 0 aromatic carbocycles. The van der Waals surface area contributed by atoms with Crippen molar-refractivity contribution in [1.82, 2.24) is 5.32 Å². The van der Waals surface area contributed by atoms with Gasteiger partial charge in [-0.25, -0.2) is 0 Å². The first kappa shape index (κ1) is 13.4. The van der Waals surface area contributed by atoms with Gasteiger partial charge in [-0.05, 0) is 19.1 Å². The Labute approximate surface area is 103 Å². The molecule has 2 N–H and O–H groups in total. The molecule has 0 radical (unpaired) electrons. The van der Waals surface area contributed by atoms with Crippen molar-refractivity contribution >= 4 is 28.8 Å². The third-order valence-corrected chi connectivity index (χ3v) is 3.11. The lowest BCUT2D eigenvalue weighted by Crippen LogP contribution is -2.43. The van der Waals surface area contributed by atoms with Gasteiger partial charge in [-0.2, -0.15) is 0 Å². The summed E-state index contributed by atoms with van der Waals surface area (Å²) in [7, 11) is 1.50. The highest BCUT2D eigenvalue weighted by atomic mass is 35.5. The molecule has 0 aliphatic heterocycles. The Morgan fingerprint density at radius 2 is 2.38 bits per heavy atom. The van der Waals surface area contributed by atoms with E-state index in [1.54, 1.807) is 19.1 Å². The van der Waals surface area contributed by atoms with Gasteiger partial charge in [-0.1, -0.05) is 11.6 Å². The van der Waals surface area contributed by atoms with E-state index in [0.29, 0.717) is 9.21 Å². The molecule has 90 valence electrons. The minimum Gasteiger partial charge on any atom is -0.386 e. The number of carbonyl (C=O) groups is 1. The van der Waals surface area contributed by atoms with Crippen molar-refractivity contribution in [3.8, 4) is 0 Å². The number of carbonyl (C=O) groups excluding carboxylic acids is 1. The van der Waals surface area contributed by atoms with Gasteiger partial charge in [0.05, 0.1) is 15.8 Å². The zero-order valence-corrected chi connectivity index (χ0v) is 10.7. The summed E-state index contributed by atoms with van der Waals surface area (Å²) in [6, 6.07) is 3.31. The van der Waals surface area contributed by atoms with E-state index in [4.69, 9.17) is 16.3 Å². The summed E-state index contributed by atoms with van der Waals surface area (Å²) in [4.78, 5) is 12.1. The first-order valence-corrected chi connectivity index (χ1v) is 5.89. The molecule has 0 bridgehead atoms. The number of thiophene rings is 1. The molecule has 0 saturated carbocycles. The highest BCUT2D eigenvalue weighted by Gasteiger charge is 2.21. The Hall–Kier alpha value is -0.620. The number of rotatable bonds is 5. The summed E-state index contributed by atoms with van der Waals surface area (Å²) in [5, 5.41) is 12.4. The van der Waals surface area contributed by atoms with Gasteiger partial charge in [0.1, 0.15) is 5.60 Å². The summed E-state index contributed by atoms with van der Waals surface area (Å²) in [6.45, 7) is 1.89. The maximum absolute atomic E-state index is 11.6. The molecule has 0 saturated heterocycles. The fraction of sp³-hybridized carbons (Fsp3) is 0.500. The van der Waals surface area contributed by atoms with Crippen LogP contribution in [0.1, 0.15) is 16.6 Å². The van der Waals surface area contributed by atoms with Gasteiger partial charge < -0.3 is 15.2 Å². The molecule has 16 heavy (non-hydrogen) atoms. The van der Waals surface area contributed by atoms with E-state index < -0.39 is 5.60 Å². The molecule has 1 heterocycles. The summed E-state index contributed by atoms with van der Waals surface area (Å²) >= 11 is 6.91. The second-order valence-electron chi connectivity index (χ2n) is 3.72. The molecule has 6 heteroatoms. The Balaban J connectivity index is 2.47. The van der Waals surface area contributed by atoms with Gasteiger partial charge in [0.2, 0.25) is 0 Å². The van der Waals surface area contributed by atoms with Crippen LogP contribution in [0.4, 0.5) is 0 Å². The molecular weight excluding hydrogens is 250 g/mol. The number of nitrogens with one attached hydrogen (secondary N) is 1. The van der Waals surface area contributed by atoms with Crippen LogP contribution in [0, 0.1) is 0 Å².